The van der Waals surface area contributed by atoms with Crippen LogP contribution < -0.4 is 5.73 Å². The maximum atomic E-state index is 12.2. The van der Waals surface area contributed by atoms with E-state index in [4.69, 9.17) is 5.73 Å². The van der Waals surface area contributed by atoms with Crippen LogP contribution in [0, 0.1) is 17.3 Å². The van der Waals surface area contributed by atoms with Gasteiger partial charge in [-0.05, 0) is 44.4 Å². The lowest BCUT2D eigenvalue weighted by molar-refractivity contribution is -0.129. The Hall–Kier alpha value is -0.370. The van der Waals surface area contributed by atoms with E-state index < -0.39 is 0 Å². The van der Waals surface area contributed by atoms with Gasteiger partial charge in [0.2, 0.25) is 0 Å². The molecule has 86 valence electrons. The van der Waals surface area contributed by atoms with Crippen molar-refractivity contribution in [3.63, 3.8) is 0 Å². The molecule has 15 heavy (non-hydrogen) atoms. The number of carbonyl (C=O) groups is 1. The molecule has 0 aromatic heterocycles. The molecule has 0 aromatic carbocycles. The number of rotatable bonds is 4. The smallest absolute Gasteiger partial charge is 0.143 e. The summed E-state index contributed by atoms with van der Waals surface area (Å²) >= 11 is 0. The van der Waals surface area contributed by atoms with E-state index in [1.54, 1.807) is 0 Å². The third kappa shape index (κ3) is 2.10. The molecule has 0 amide bonds. The second-order valence-corrected chi connectivity index (χ2v) is 5.47. The first-order chi connectivity index (χ1) is 7.22. The van der Waals surface area contributed by atoms with Crippen molar-refractivity contribution in [3.8, 4) is 0 Å². The minimum atomic E-state index is -0.0658. The fourth-order valence-corrected chi connectivity index (χ4v) is 2.97. The molecule has 2 aliphatic carbocycles. The van der Waals surface area contributed by atoms with Gasteiger partial charge in [0.15, 0.2) is 0 Å². The van der Waals surface area contributed by atoms with Gasteiger partial charge in [-0.15, -0.1) is 0 Å². The largest absolute Gasteiger partial charge is 0.329 e. The van der Waals surface area contributed by atoms with Gasteiger partial charge >= 0.3 is 0 Å². The molecular weight excluding hydrogens is 186 g/mol. The van der Waals surface area contributed by atoms with E-state index in [9.17, 15) is 4.79 Å². The van der Waals surface area contributed by atoms with Crippen LogP contribution in [-0.4, -0.2) is 12.3 Å². The molecule has 0 aliphatic heterocycles. The molecule has 0 saturated heterocycles. The molecule has 0 heterocycles. The predicted octanol–water partition coefficient (Wildman–Crippen LogP) is 2.51. The van der Waals surface area contributed by atoms with Crippen LogP contribution in [0.2, 0.25) is 0 Å². The monoisotopic (exact) mass is 209 g/mol. The topological polar surface area (TPSA) is 43.1 Å². The van der Waals surface area contributed by atoms with Crippen molar-refractivity contribution in [1.29, 1.82) is 0 Å². The molecule has 2 N–H and O–H groups in total. The third-order valence-corrected chi connectivity index (χ3v) is 4.56. The maximum absolute atomic E-state index is 12.2. The van der Waals surface area contributed by atoms with Gasteiger partial charge in [0.1, 0.15) is 5.78 Å². The van der Waals surface area contributed by atoms with Crippen LogP contribution in [0.3, 0.4) is 0 Å². The Morgan fingerprint density at radius 1 is 1.27 bits per heavy atom. The van der Waals surface area contributed by atoms with Crippen LogP contribution in [0.5, 0.6) is 0 Å². The molecule has 0 radical (unpaired) electrons. The average Bonchev–Trinajstić information content (AvgIpc) is 3.09. The van der Waals surface area contributed by atoms with E-state index in [1.165, 1.54) is 19.3 Å². The van der Waals surface area contributed by atoms with Gasteiger partial charge in [-0.3, -0.25) is 4.79 Å². The van der Waals surface area contributed by atoms with Gasteiger partial charge in [0, 0.05) is 17.9 Å². The maximum Gasteiger partial charge on any atom is 0.143 e. The Labute approximate surface area is 92.6 Å². The molecule has 2 aliphatic rings. The summed E-state index contributed by atoms with van der Waals surface area (Å²) in [6, 6.07) is 0. The molecule has 2 fully saturated rings. The van der Waals surface area contributed by atoms with Gasteiger partial charge < -0.3 is 5.73 Å². The summed E-state index contributed by atoms with van der Waals surface area (Å²) in [5.74, 6) is 1.72. The van der Waals surface area contributed by atoms with Gasteiger partial charge in [-0.2, -0.15) is 0 Å². The highest BCUT2D eigenvalue weighted by Gasteiger charge is 2.50. The lowest BCUT2D eigenvalue weighted by Crippen LogP contribution is -2.33. The molecule has 0 atom stereocenters. The molecule has 0 spiro atoms. The lowest BCUT2D eigenvalue weighted by atomic mass is 9.75. The fourth-order valence-electron chi connectivity index (χ4n) is 2.97. The number of Topliss-reactive ketones (excluding diaryl/α,β-unsaturated/α-hetero) is 1. The van der Waals surface area contributed by atoms with E-state index in [0.29, 0.717) is 18.2 Å². The molecule has 2 heteroatoms. The highest BCUT2D eigenvalue weighted by atomic mass is 16.1. The summed E-state index contributed by atoms with van der Waals surface area (Å²) < 4.78 is 0. The Kier molecular flexibility index (Phi) is 3.15. The standard InChI is InChI=1S/C13H23NO/c1-2-10-3-5-11(6-4-10)12(15)13(9-14)7-8-13/h10-11H,2-9,14H2,1H3. The van der Waals surface area contributed by atoms with Crippen LogP contribution in [0.4, 0.5) is 0 Å². The number of nitrogens with two attached hydrogens (primary N) is 1. The van der Waals surface area contributed by atoms with Crippen LogP contribution in [-0.2, 0) is 4.79 Å². The summed E-state index contributed by atoms with van der Waals surface area (Å²) in [5.41, 5.74) is 5.64. The molecule has 2 rings (SSSR count). The van der Waals surface area contributed by atoms with E-state index in [1.807, 2.05) is 0 Å². The van der Waals surface area contributed by atoms with Crippen molar-refractivity contribution in [3.05, 3.63) is 0 Å². The summed E-state index contributed by atoms with van der Waals surface area (Å²) in [6.07, 6.45) is 8.15. The van der Waals surface area contributed by atoms with Crippen molar-refractivity contribution in [1.82, 2.24) is 0 Å². The van der Waals surface area contributed by atoms with Crippen LogP contribution in [0.25, 0.3) is 0 Å². The van der Waals surface area contributed by atoms with Gasteiger partial charge in [0.25, 0.3) is 0 Å². The van der Waals surface area contributed by atoms with E-state index in [0.717, 1.165) is 31.6 Å². The van der Waals surface area contributed by atoms with E-state index in [2.05, 4.69) is 6.92 Å². The normalized spacial score (nSPS) is 33.7. The van der Waals surface area contributed by atoms with Crippen molar-refractivity contribution in [2.45, 2.75) is 51.9 Å². The van der Waals surface area contributed by atoms with E-state index in [-0.39, 0.29) is 5.41 Å². The van der Waals surface area contributed by atoms with Crippen LogP contribution >= 0.6 is 0 Å². The second kappa shape index (κ2) is 4.25. The SMILES string of the molecule is CCC1CCC(C(=O)C2(CN)CC2)CC1. The van der Waals surface area contributed by atoms with Gasteiger partial charge in [0.05, 0.1) is 0 Å². The molecule has 0 bridgehead atoms. The highest BCUT2D eigenvalue weighted by Crippen LogP contribution is 2.49. The number of ketones is 1. The zero-order chi connectivity index (χ0) is 10.9. The zero-order valence-corrected chi connectivity index (χ0v) is 9.80. The van der Waals surface area contributed by atoms with E-state index >= 15 is 0 Å². The number of carbonyl (C=O) groups excluding carboxylic acids is 1. The first-order valence-corrected chi connectivity index (χ1v) is 6.46. The molecular formula is C13H23NO. The molecule has 0 aromatic rings. The van der Waals surface area contributed by atoms with Gasteiger partial charge in [-0.25, -0.2) is 0 Å². The van der Waals surface area contributed by atoms with Gasteiger partial charge in [-0.1, -0.05) is 13.3 Å². The lowest BCUT2D eigenvalue weighted by Gasteiger charge is -2.29. The molecule has 2 nitrogen and oxygen atoms in total. The van der Waals surface area contributed by atoms with Crippen LogP contribution in [0.15, 0.2) is 0 Å². The average molecular weight is 209 g/mol. The van der Waals surface area contributed by atoms with Crippen molar-refractivity contribution in [2.24, 2.45) is 23.0 Å². The zero-order valence-electron chi connectivity index (χ0n) is 9.80. The Bertz CT molecular complexity index is 237. The minimum absolute atomic E-state index is 0.0658. The third-order valence-electron chi connectivity index (χ3n) is 4.56. The fraction of sp³-hybridized carbons (Fsp3) is 0.923. The van der Waals surface area contributed by atoms with Crippen LogP contribution in [0.1, 0.15) is 51.9 Å². The quantitative estimate of drug-likeness (QED) is 0.773. The van der Waals surface area contributed by atoms with Crippen molar-refractivity contribution in [2.75, 3.05) is 6.54 Å². The minimum Gasteiger partial charge on any atom is -0.329 e. The van der Waals surface area contributed by atoms with Crippen molar-refractivity contribution >= 4 is 5.78 Å². The first kappa shape index (κ1) is 11.1. The Morgan fingerprint density at radius 2 is 1.87 bits per heavy atom. The van der Waals surface area contributed by atoms with Crippen molar-refractivity contribution < 1.29 is 4.79 Å². The Balaban J connectivity index is 1.88. The Morgan fingerprint density at radius 3 is 2.27 bits per heavy atom. The summed E-state index contributed by atoms with van der Waals surface area (Å²) in [4.78, 5) is 12.2. The molecule has 2 saturated carbocycles. The highest BCUT2D eigenvalue weighted by molar-refractivity contribution is 5.89. The second-order valence-electron chi connectivity index (χ2n) is 5.47. The summed E-state index contributed by atoms with van der Waals surface area (Å²) in [5, 5.41) is 0. The number of hydrogen-bond donors (Lipinski definition) is 1. The first-order valence-electron chi connectivity index (χ1n) is 6.46. The summed E-state index contributed by atoms with van der Waals surface area (Å²) in [6.45, 7) is 2.84. The summed E-state index contributed by atoms with van der Waals surface area (Å²) in [7, 11) is 0. The predicted molar refractivity (Wildman–Crippen MR) is 61.5 cm³/mol. The number of hydrogen-bond acceptors (Lipinski definition) is 2. The molecule has 0 unspecified atom stereocenters.